The number of halogens is 2. The van der Waals surface area contributed by atoms with Gasteiger partial charge in [0.2, 0.25) is 17.8 Å². The number of aryl methyl sites for hydroxylation is 1. The number of hydrogen-bond donors (Lipinski definition) is 3. The van der Waals surface area contributed by atoms with E-state index in [0.717, 1.165) is 81.2 Å². The lowest BCUT2D eigenvalue weighted by molar-refractivity contribution is -0.134. The smallest absolute Gasteiger partial charge is 0.234 e. The molecule has 3 aliphatic heterocycles. The zero-order chi connectivity index (χ0) is 42.8. The first-order chi connectivity index (χ1) is 29.3. The van der Waals surface area contributed by atoms with Crippen LogP contribution in [0.25, 0.3) is 11.1 Å². The summed E-state index contributed by atoms with van der Waals surface area (Å²) in [7, 11) is 0.962. The summed E-state index contributed by atoms with van der Waals surface area (Å²) in [5.74, 6) is 0.0715. The largest absolute Gasteiger partial charge is 0.494 e. The molecule has 0 saturated carbocycles. The number of carbonyl (C=O) groups is 2. The van der Waals surface area contributed by atoms with Gasteiger partial charge in [-0.25, -0.2) is 9.37 Å². The normalized spacial score (nSPS) is 18.0. The first-order valence-corrected chi connectivity index (χ1v) is 23.6. The number of aromatic nitrogens is 4. The van der Waals surface area contributed by atoms with Gasteiger partial charge in [0.1, 0.15) is 23.7 Å². The second-order valence-electron chi connectivity index (χ2n) is 16.4. The quantitative estimate of drug-likeness (QED) is 0.0878. The summed E-state index contributed by atoms with van der Waals surface area (Å²) in [6.07, 6.45) is 8.00. The van der Waals surface area contributed by atoms with Gasteiger partial charge in [0, 0.05) is 105 Å². The summed E-state index contributed by atoms with van der Waals surface area (Å²) < 4.78 is 36.0. The van der Waals surface area contributed by atoms with E-state index < -0.39 is 24.8 Å². The van der Waals surface area contributed by atoms with Crippen LogP contribution in [0.1, 0.15) is 37.2 Å². The van der Waals surface area contributed by atoms with Crippen molar-refractivity contribution in [1.82, 2.24) is 30.0 Å². The van der Waals surface area contributed by atoms with Crippen LogP contribution in [0.2, 0.25) is 5.02 Å². The Balaban J connectivity index is 0.921. The van der Waals surface area contributed by atoms with Crippen LogP contribution >= 0.6 is 18.7 Å². The minimum absolute atomic E-state index is 0.218. The number of hydrogen-bond acceptors (Lipinski definition) is 12. The minimum atomic E-state index is -2.59. The van der Waals surface area contributed by atoms with Gasteiger partial charge < -0.3 is 29.7 Å². The van der Waals surface area contributed by atoms with Crippen molar-refractivity contribution in [2.24, 2.45) is 13.0 Å². The molecule has 3 fully saturated rings. The highest BCUT2D eigenvalue weighted by atomic mass is 35.5. The first kappa shape index (κ1) is 42.2. The van der Waals surface area contributed by atoms with E-state index in [1.165, 1.54) is 12.3 Å². The molecule has 3 saturated heterocycles. The maximum atomic E-state index is 15.3. The second-order valence-corrected chi connectivity index (χ2v) is 20.0. The average molecular weight is 869 g/mol. The molecule has 3 aliphatic rings. The molecule has 17 heteroatoms. The van der Waals surface area contributed by atoms with E-state index in [1.54, 1.807) is 31.2 Å². The SMILES string of the molecule is COc1cc(N2CCC(CN3CCN(c4ccc(C5CCC(=O)NC5=O)c(F)c4)CC3)CC2)c(-c2cnn(C)c2)cc1Nc1ncc(Cl)c(Nc2ccccc2P(C)(C)=O)n1. The number of nitrogens with one attached hydrogen (secondary N) is 3. The van der Waals surface area contributed by atoms with Crippen molar-refractivity contribution in [2.75, 3.05) is 86.7 Å². The third kappa shape index (κ3) is 9.54. The average Bonchev–Trinajstić information content (AvgIpc) is 3.68. The van der Waals surface area contributed by atoms with Gasteiger partial charge in [-0.15, -0.1) is 0 Å². The van der Waals surface area contributed by atoms with Crippen LogP contribution in [-0.4, -0.2) is 103 Å². The molecule has 1 unspecified atom stereocenters. The fraction of sp³-hybridized carbons (Fsp3) is 0.386. The molecule has 0 aliphatic carbocycles. The third-order valence-corrected chi connectivity index (χ3v) is 13.7. The highest BCUT2D eigenvalue weighted by Crippen LogP contribution is 2.42. The van der Waals surface area contributed by atoms with Crippen LogP contribution in [0.4, 0.5) is 38.9 Å². The van der Waals surface area contributed by atoms with E-state index >= 15 is 4.39 Å². The topological polar surface area (TPSA) is 150 Å². The predicted molar refractivity (Wildman–Crippen MR) is 239 cm³/mol. The Bertz CT molecular complexity index is 2480. The van der Waals surface area contributed by atoms with Crippen LogP contribution in [0.15, 0.2) is 73.2 Å². The summed E-state index contributed by atoms with van der Waals surface area (Å²) in [4.78, 5) is 40.2. The molecule has 3 aromatic carbocycles. The van der Waals surface area contributed by atoms with Crippen molar-refractivity contribution in [3.05, 3.63) is 89.6 Å². The number of piperazine rings is 1. The highest BCUT2D eigenvalue weighted by molar-refractivity contribution is 7.70. The predicted octanol–water partition coefficient (Wildman–Crippen LogP) is 6.97. The number of benzene rings is 3. The molecule has 5 aromatic rings. The van der Waals surface area contributed by atoms with E-state index in [-0.39, 0.29) is 12.3 Å². The van der Waals surface area contributed by atoms with Crippen molar-refractivity contribution in [2.45, 2.75) is 31.6 Å². The standard InChI is InChI=1S/C44H51ClFN10O4P/c1-53-27-29(24-48-53)33-22-37(50-44-47-25-34(45)42(52-44)49-36-7-5-6-8-40(36)61(3,4)59)39(60-2)23-38(33)56-15-13-28(14-16-56)26-54-17-19-55(20-18-54)30-9-10-31(35(46)21-30)32-11-12-41(57)51-43(32)58/h5-10,21-25,27-28,32H,11-20,26H2,1-4H3,(H,51,57,58)(H2,47,49,50,52). The third-order valence-electron chi connectivity index (χ3n) is 11.9. The molecule has 2 aromatic heterocycles. The van der Waals surface area contributed by atoms with E-state index in [9.17, 15) is 14.2 Å². The molecule has 14 nitrogen and oxygen atoms in total. The van der Waals surface area contributed by atoms with Crippen LogP contribution in [-0.2, 0) is 21.2 Å². The lowest BCUT2D eigenvalue weighted by Gasteiger charge is -2.40. The Morgan fingerprint density at radius 2 is 1.70 bits per heavy atom. The summed E-state index contributed by atoms with van der Waals surface area (Å²) in [6, 6.07) is 16.7. The van der Waals surface area contributed by atoms with Gasteiger partial charge in [-0.05, 0) is 68.8 Å². The van der Waals surface area contributed by atoms with Gasteiger partial charge in [0.15, 0.2) is 5.82 Å². The maximum absolute atomic E-state index is 15.3. The molecule has 0 radical (unpaired) electrons. The number of methoxy groups -OCH3 is 1. The van der Waals surface area contributed by atoms with Crippen molar-refractivity contribution in [3.63, 3.8) is 0 Å². The molecular formula is C44H51ClFN10O4P. The molecule has 320 valence electrons. The van der Waals surface area contributed by atoms with Gasteiger partial charge in [-0.2, -0.15) is 10.1 Å². The van der Waals surface area contributed by atoms with Gasteiger partial charge in [0.25, 0.3) is 0 Å². The Hall–Kier alpha value is -5.50. The number of imide groups is 1. The first-order valence-electron chi connectivity index (χ1n) is 20.6. The summed E-state index contributed by atoms with van der Waals surface area (Å²) in [5, 5.41) is 14.5. The number of piperidine rings is 2. The van der Waals surface area contributed by atoms with Crippen molar-refractivity contribution in [1.29, 1.82) is 0 Å². The van der Waals surface area contributed by atoms with Crippen LogP contribution in [0.5, 0.6) is 5.75 Å². The summed E-state index contributed by atoms with van der Waals surface area (Å²) in [5.41, 5.74) is 5.51. The number of amides is 2. The van der Waals surface area contributed by atoms with Gasteiger partial charge in [0.05, 0.1) is 36.8 Å². The zero-order valence-corrected chi connectivity index (χ0v) is 36.5. The van der Waals surface area contributed by atoms with E-state index in [2.05, 4.69) is 52.9 Å². The Morgan fingerprint density at radius 1 is 0.934 bits per heavy atom. The maximum Gasteiger partial charge on any atom is 0.234 e. The zero-order valence-electron chi connectivity index (χ0n) is 34.8. The monoisotopic (exact) mass is 868 g/mol. The number of para-hydroxylation sites is 1. The number of nitrogens with zero attached hydrogens (tertiary/aromatic N) is 7. The molecule has 5 heterocycles. The fourth-order valence-corrected chi connectivity index (χ4v) is 9.89. The molecule has 8 rings (SSSR count). The van der Waals surface area contributed by atoms with Gasteiger partial charge in [-0.1, -0.05) is 29.8 Å². The number of carbonyl (C=O) groups excluding carboxylic acids is 2. The Morgan fingerprint density at radius 3 is 2.39 bits per heavy atom. The molecule has 3 N–H and O–H groups in total. The van der Waals surface area contributed by atoms with E-state index in [4.69, 9.17) is 21.3 Å². The van der Waals surface area contributed by atoms with E-state index in [1.807, 2.05) is 49.8 Å². The highest BCUT2D eigenvalue weighted by Gasteiger charge is 2.31. The van der Waals surface area contributed by atoms with Crippen molar-refractivity contribution in [3.8, 4) is 16.9 Å². The minimum Gasteiger partial charge on any atom is -0.494 e. The Kier molecular flexibility index (Phi) is 12.3. The lowest BCUT2D eigenvalue weighted by atomic mass is 9.90. The van der Waals surface area contributed by atoms with E-state index in [0.29, 0.717) is 57.1 Å². The van der Waals surface area contributed by atoms with Crippen molar-refractivity contribution >= 4 is 70.4 Å². The van der Waals surface area contributed by atoms with Crippen LogP contribution in [0, 0.1) is 11.7 Å². The molecule has 1 atom stereocenters. The van der Waals surface area contributed by atoms with Crippen molar-refractivity contribution < 1.29 is 23.3 Å². The second kappa shape index (κ2) is 17.8. The summed E-state index contributed by atoms with van der Waals surface area (Å²) in [6.45, 7) is 9.57. The number of anilines is 6. The van der Waals surface area contributed by atoms with Crippen LogP contribution in [0.3, 0.4) is 0 Å². The molecule has 2 amide bonds. The summed E-state index contributed by atoms with van der Waals surface area (Å²) >= 11 is 6.56. The number of ether oxygens (including phenoxy) is 1. The molecular weight excluding hydrogens is 818 g/mol. The lowest BCUT2D eigenvalue weighted by Crippen LogP contribution is -2.49. The number of rotatable bonds is 12. The molecule has 0 bridgehead atoms. The van der Waals surface area contributed by atoms with Gasteiger partial charge >= 0.3 is 0 Å². The van der Waals surface area contributed by atoms with Crippen LogP contribution < -0.4 is 35.8 Å². The molecule has 61 heavy (non-hydrogen) atoms. The molecule has 0 spiro atoms. The Labute approximate surface area is 360 Å². The fourth-order valence-electron chi connectivity index (χ4n) is 8.60. The van der Waals surface area contributed by atoms with Gasteiger partial charge in [-0.3, -0.25) is 24.5 Å².